The number of halogens is 4. The van der Waals surface area contributed by atoms with E-state index in [9.17, 15) is 18.3 Å². The van der Waals surface area contributed by atoms with Crippen molar-refractivity contribution in [2.75, 3.05) is 0 Å². The minimum atomic E-state index is -2.81. The zero-order valence-electron chi connectivity index (χ0n) is 10.6. The number of nitrogens with zero attached hydrogens (tertiary/aromatic N) is 1. The molecule has 7 heteroatoms. The normalized spacial score (nSPS) is 21.7. The predicted molar refractivity (Wildman–Crippen MR) is 68.3 cm³/mol. The molecule has 0 amide bonds. The van der Waals surface area contributed by atoms with Crippen LogP contribution in [-0.2, 0) is 0 Å². The average molecular weight is 305 g/mol. The molecule has 1 aliphatic rings. The van der Waals surface area contributed by atoms with E-state index >= 15 is 0 Å². The van der Waals surface area contributed by atoms with Gasteiger partial charge in [0.1, 0.15) is 5.82 Å². The number of benzene rings is 1. The first-order chi connectivity index (χ1) is 9.23. The Bertz CT molecular complexity index is 678. The predicted octanol–water partition coefficient (Wildman–Crippen LogP) is 3.82. The van der Waals surface area contributed by atoms with Crippen LogP contribution in [0, 0.1) is 11.2 Å². The molecule has 2 N–H and O–H groups in total. The highest BCUT2D eigenvalue weighted by atomic mass is 35.5. The summed E-state index contributed by atoms with van der Waals surface area (Å²) in [5.41, 5.74) is -0.883. The van der Waals surface area contributed by atoms with Gasteiger partial charge < -0.3 is 5.11 Å². The molecule has 1 aromatic heterocycles. The summed E-state index contributed by atoms with van der Waals surface area (Å²) in [4.78, 5) is 0. The van der Waals surface area contributed by atoms with Crippen molar-refractivity contribution in [2.45, 2.75) is 31.8 Å². The second-order valence-electron chi connectivity index (χ2n) is 5.69. The van der Waals surface area contributed by atoms with E-state index in [1.54, 1.807) is 0 Å². The molecular formula is C13H12ClF3N2O. The van der Waals surface area contributed by atoms with Gasteiger partial charge in [0.15, 0.2) is 0 Å². The fraction of sp³-hybridized carbons (Fsp3) is 0.462. The van der Waals surface area contributed by atoms with E-state index in [-0.39, 0.29) is 16.1 Å². The molecule has 108 valence electrons. The third kappa shape index (κ3) is 1.90. The standard InChI is InChI=1S/C13H12ClF3N2O/c1-12(4-13(16,17)5-12)11(20)8-9(15)7(14)2-6-3-18-19-10(6)8/h2-3,11,20H,4-5H2,1H3,(H,18,19). The lowest BCUT2D eigenvalue weighted by Crippen LogP contribution is -2.47. The van der Waals surface area contributed by atoms with Gasteiger partial charge in [-0.25, -0.2) is 13.2 Å². The maximum absolute atomic E-state index is 14.2. The first kappa shape index (κ1) is 13.7. The Morgan fingerprint density at radius 3 is 2.70 bits per heavy atom. The number of H-pyrrole nitrogens is 1. The number of fused-ring (bicyclic) bond motifs is 1. The molecule has 0 spiro atoms. The first-order valence-corrected chi connectivity index (χ1v) is 6.48. The van der Waals surface area contributed by atoms with Gasteiger partial charge >= 0.3 is 0 Å². The van der Waals surface area contributed by atoms with E-state index in [2.05, 4.69) is 10.2 Å². The van der Waals surface area contributed by atoms with Crippen LogP contribution in [0.5, 0.6) is 0 Å². The summed E-state index contributed by atoms with van der Waals surface area (Å²) < 4.78 is 40.4. The van der Waals surface area contributed by atoms with Crippen LogP contribution in [0.4, 0.5) is 13.2 Å². The van der Waals surface area contributed by atoms with Crippen LogP contribution in [0.15, 0.2) is 12.3 Å². The molecule has 1 saturated carbocycles. The van der Waals surface area contributed by atoms with E-state index in [4.69, 9.17) is 11.6 Å². The van der Waals surface area contributed by atoms with Gasteiger partial charge in [-0.15, -0.1) is 0 Å². The average Bonchev–Trinajstić information content (AvgIpc) is 2.74. The Morgan fingerprint density at radius 2 is 2.10 bits per heavy atom. The molecule has 0 bridgehead atoms. The number of aromatic amines is 1. The first-order valence-electron chi connectivity index (χ1n) is 6.10. The Kier molecular flexibility index (Phi) is 2.82. The summed E-state index contributed by atoms with van der Waals surface area (Å²) in [5.74, 6) is -3.61. The van der Waals surface area contributed by atoms with Crippen LogP contribution < -0.4 is 0 Å². The molecule has 1 atom stereocenters. The lowest BCUT2D eigenvalue weighted by molar-refractivity contribution is -0.194. The van der Waals surface area contributed by atoms with Gasteiger partial charge in [0, 0.05) is 29.2 Å². The summed E-state index contributed by atoms with van der Waals surface area (Å²) in [6, 6.07) is 1.38. The van der Waals surface area contributed by atoms with Crippen LogP contribution in [0.3, 0.4) is 0 Å². The molecule has 20 heavy (non-hydrogen) atoms. The van der Waals surface area contributed by atoms with Crippen molar-refractivity contribution in [2.24, 2.45) is 5.41 Å². The van der Waals surface area contributed by atoms with Crippen molar-refractivity contribution in [1.82, 2.24) is 10.2 Å². The third-order valence-electron chi connectivity index (χ3n) is 3.92. The lowest BCUT2D eigenvalue weighted by atomic mass is 9.62. The molecule has 1 aromatic carbocycles. The van der Waals surface area contributed by atoms with Crippen molar-refractivity contribution < 1.29 is 18.3 Å². The van der Waals surface area contributed by atoms with Crippen molar-refractivity contribution in [3.05, 3.63) is 28.7 Å². The topological polar surface area (TPSA) is 48.9 Å². The molecule has 1 fully saturated rings. The van der Waals surface area contributed by atoms with Gasteiger partial charge in [-0.2, -0.15) is 5.10 Å². The summed E-state index contributed by atoms with van der Waals surface area (Å²) in [5, 5.41) is 17.1. The zero-order chi connectivity index (χ0) is 14.7. The number of aromatic nitrogens is 2. The van der Waals surface area contributed by atoms with Gasteiger partial charge in [0.2, 0.25) is 5.92 Å². The van der Waals surface area contributed by atoms with E-state index in [1.165, 1.54) is 19.2 Å². The summed E-state index contributed by atoms with van der Waals surface area (Å²) >= 11 is 5.79. The van der Waals surface area contributed by atoms with Crippen molar-refractivity contribution in [3.63, 3.8) is 0 Å². The Labute approximate surface area is 117 Å². The Morgan fingerprint density at radius 1 is 1.45 bits per heavy atom. The molecule has 0 radical (unpaired) electrons. The van der Waals surface area contributed by atoms with Crippen LogP contribution in [0.1, 0.15) is 31.4 Å². The second kappa shape index (κ2) is 4.11. The second-order valence-corrected chi connectivity index (χ2v) is 6.09. The highest BCUT2D eigenvalue weighted by molar-refractivity contribution is 6.31. The molecule has 0 saturated heterocycles. The zero-order valence-corrected chi connectivity index (χ0v) is 11.3. The van der Waals surface area contributed by atoms with E-state index in [0.29, 0.717) is 5.39 Å². The van der Waals surface area contributed by atoms with Crippen LogP contribution in [-0.4, -0.2) is 21.2 Å². The number of nitrogens with one attached hydrogen (secondary N) is 1. The highest BCUT2D eigenvalue weighted by Crippen LogP contribution is 2.58. The van der Waals surface area contributed by atoms with Gasteiger partial charge in [0.25, 0.3) is 0 Å². The van der Waals surface area contributed by atoms with E-state index < -0.39 is 36.1 Å². The minimum Gasteiger partial charge on any atom is -0.388 e. The quantitative estimate of drug-likeness (QED) is 0.886. The summed E-state index contributed by atoms with van der Waals surface area (Å²) in [7, 11) is 0. The lowest BCUT2D eigenvalue weighted by Gasteiger charge is -2.47. The number of hydrogen-bond acceptors (Lipinski definition) is 2. The number of rotatable bonds is 2. The number of aliphatic hydroxyl groups excluding tert-OH is 1. The van der Waals surface area contributed by atoms with Crippen molar-refractivity contribution >= 4 is 22.5 Å². The van der Waals surface area contributed by atoms with Crippen LogP contribution >= 0.6 is 11.6 Å². The third-order valence-corrected chi connectivity index (χ3v) is 4.20. The van der Waals surface area contributed by atoms with E-state index in [1.807, 2.05) is 0 Å². The smallest absolute Gasteiger partial charge is 0.249 e. The monoisotopic (exact) mass is 304 g/mol. The maximum Gasteiger partial charge on any atom is 0.249 e. The molecule has 1 heterocycles. The van der Waals surface area contributed by atoms with Crippen LogP contribution in [0.2, 0.25) is 5.02 Å². The highest BCUT2D eigenvalue weighted by Gasteiger charge is 2.58. The molecule has 1 unspecified atom stereocenters. The van der Waals surface area contributed by atoms with Crippen molar-refractivity contribution in [3.8, 4) is 0 Å². The van der Waals surface area contributed by atoms with Crippen LogP contribution in [0.25, 0.3) is 10.9 Å². The Hall–Kier alpha value is -1.27. The maximum atomic E-state index is 14.2. The molecular weight excluding hydrogens is 293 g/mol. The molecule has 0 aliphatic heterocycles. The molecule has 3 nitrogen and oxygen atoms in total. The van der Waals surface area contributed by atoms with Gasteiger partial charge in [-0.1, -0.05) is 18.5 Å². The molecule has 3 rings (SSSR count). The fourth-order valence-corrected chi connectivity index (χ4v) is 3.21. The van der Waals surface area contributed by atoms with Crippen molar-refractivity contribution in [1.29, 1.82) is 0 Å². The molecule has 1 aliphatic carbocycles. The van der Waals surface area contributed by atoms with Gasteiger partial charge in [0.05, 0.1) is 22.8 Å². The van der Waals surface area contributed by atoms with Gasteiger partial charge in [-0.05, 0) is 6.07 Å². The largest absolute Gasteiger partial charge is 0.388 e. The number of hydrogen-bond donors (Lipinski definition) is 2. The number of aliphatic hydroxyl groups is 1. The number of alkyl halides is 2. The fourth-order valence-electron chi connectivity index (χ4n) is 2.99. The SMILES string of the molecule is CC1(C(O)c2c(F)c(Cl)cc3cn[nH]c23)CC(F)(F)C1. The minimum absolute atomic E-state index is 0.0944. The molecule has 2 aromatic rings. The Balaban J connectivity index is 2.10. The van der Waals surface area contributed by atoms with Gasteiger partial charge in [-0.3, -0.25) is 5.10 Å². The van der Waals surface area contributed by atoms with E-state index in [0.717, 1.165) is 0 Å². The summed E-state index contributed by atoms with van der Waals surface area (Å²) in [6.45, 7) is 1.51. The summed E-state index contributed by atoms with van der Waals surface area (Å²) in [6.07, 6.45) is -0.899.